The zero-order valence-electron chi connectivity index (χ0n) is 17.0. The highest BCUT2D eigenvalue weighted by Gasteiger charge is 2.29. The van der Waals surface area contributed by atoms with Gasteiger partial charge in [-0.1, -0.05) is 35.3 Å². The number of rotatable bonds is 2. The van der Waals surface area contributed by atoms with Crippen LogP contribution in [0.1, 0.15) is 19.4 Å². The lowest BCUT2D eigenvalue weighted by Gasteiger charge is -2.43. The maximum Gasteiger partial charge on any atom is 0.326 e. The second kappa shape index (κ2) is 8.05. The SMILES string of the molecule is C[C@@H]1CN(c2ccc3c(c2)N(C(=O)Nc2cccc(Cl)c2Cl)CC3)C[C@H](C)N1C. The van der Waals surface area contributed by atoms with E-state index in [0.29, 0.717) is 34.4 Å². The summed E-state index contributed by atoms with van der Waals surface area (Å²) in [5.74, 6) is 0. The number of benzene rings is 2. The van der Waals surface area contributed by atoms with Crippen molar-refractivity contribution in [1.29, 1.82) is 0 Å². The first-order valence-corrected chi connectivity index (χ1v) is 10.7. The van der Waals surface area contributed by atoms with Gasteiger partial charge in [0, 0.05) is 37.4 Å². The Kier molecular flexibility index (Phi) is 5.65. The molecule has 2 aromatic carbocycles. The van der Waals surface area contributed by atoms with E-state index in [-0.39, 0.29) is 6.03 Å². The highest BCUT2D eigenvalue weighted by molar-refractivity contribution is 6.44. The maximum atomic E-state index is 13.0. The number of nitrogens with zero attached hydrogens (tertiary/aromatic N) is 3. The van der Waals surface area contributed by atoms with E-state index >= 15 is 0 Å². The van der Waals surface area contributed by atoms with E-state index in [1.54, 1.807) is 23.1 Å². The summed E-state index contributed by atoms with van der Waals surface area (Å²) in [6.45, 7) is 7.11. The second-order valence-electron chi connectivity index (χ2n) is 8.01. The van der Waals surface area contributed by atoms with Crippen LogP contribution in [0.25, 0.3) is 0 Å². The maximum absolute atomic E-state index is 13.0. The van der Waals surface area contributed by atoms with Gasteiger partial charge in [-0.25, -0.2) is 4.79 Å². The van der Waals surface area contributed by atoms with Crippen molar-refractivity contribution in [3.05, 3.63) is 52.0 Å². The van der Waals surface area contributed by atoms with Crippen LogP contribution in [-0.2, 0) is 6.42 Å². The van der Waals surface area contributed by atoms with Gasteiger partial charge in [-0.05, 0) is 57.1 Å². The van der Waals surface area contributed by atoms with Crippen LogP contribution in [0.15, 0.2) is 36.4 Å². The van der Waals surface area contributed by atoms with E-state index in [9.17, 15) is 4.79 Å². The minimum absolute atomic E-state index is 0.190. The van der Waals surface area contributed by atoms with E-state index < -0.39 is 0 Å². The highest BCUT2D eigenvalue weighted by Crippen LogP contribution is 2.35. The number of hydrogen-bond acceptors (Lipinski definition) is 3. The molecule has 7 heteroatoms. The van der Waals surface area contributed by atoms with Crippen molar-refractivity contribution in [3.63, 3.8) is 0 Å². The van der Waals surface area contributed by atoms with Gasteiger partial charge in [0.05, 0.1) is 21.4 Å². The topological polar surface area (TPSA) is 38.8 Å². The Hall–Kier alpha value is -1.95. The number of halogens is 2. The Morgan fingerprint density at radius 2 is 1.83 bits per heavy atom. The van der Waals surface area contributed by atoms with Crippen LogP contribution in [0.3, 0.4) is 0 Å². The van der Waals surface area contributed by atoms with Crippen LogP contribution < -0.4 is 15.1 Å². The van der Waals surface area contributed by atoms with Gasteiger partial charge in [-0.15, -0.1) is 0 Å². The molecule has 0 aromatic heterocycles. The third-order valence-corrected chi connectivity index (χ3v) is 6.95. The van der Waals surface area contributed by atoms with Gasteiger partial charge in [0.2, 0.25) is 0 Å². The van der Waals surface area contributed by atoms with E-state index in [1.165, 1.54) is 5.56 Å². The number of hydrogen-bond donors (Lipinski definition) is 1. The van der Waals surface area contributed by atoms with Gasteiger partial charge in [0.25, 0.3) is 0 Å². The monoisotopic (exact) mass is 432 g/mol. The Morgan fingerprint density at radius 3 is 2.55 bits per heavy atom. The molecule has 0 saturated carbocycles. The number of carbonyl (C=O) groups is 1. The molecule has 2 amide bonds. The number of amides is 2. The standard InChI is InChI=1S/C22H26Cl2N4O/c1-14-12-27(13-15(2)26(14)3)17-8-7-16-9-10-28(20(16)11-17)22(29)25-19-6-4-5-18(23)21(19)24/h4-8,11,14-15H,9-10,12-13H2,1-3H3,(H,25,29)/t14-,15+. The summed E-state index contributed by atoms with van der Waals surface area (Å²) in [5.41, 5.74) is 3.85. The molecule has 1 N–H and O–H groups in total. The minimum atomic E-state index is -0.190. The van der Waals surface area contributed by atoms with Gasteiger partial charge >= 0.3 is 6.03 Å². The van der Waals surface area contributed by atoms with Crippen molar-refractivity contribution in [3.8, 4) is 0 Å². The number of carbonyl (C=O) groups excluding carboxylic acids is 1. The molecule has 2 atom stereocenters. The molecule has 0 bridgehead atoms. The summed E-state index contributed by atoms with van der Waals surface area (Å²) in [4.78, 5) is 19.6. The normalized spacial score (nSPS) is 22.0. The van der Waals surface area contributed by atoms with Crippen LogP contribution >= 0.6 is 23.2 Å². The van der Waals surface area contributed by atoms with Crippen LogP contribution in [0, 0.1) is 0 Å². The molecule has 0 aliphatic carbocycles. The van der Waals surface area contributed by atoms with E-state index in [1.807, 2.05) is 0 Å². The van der Waals surface area contributed by atoms with Crippen molar-refractivity contribution in [1.82, 2.24) is 4.90 Å². The average Bonchev–Trinajstić information content (AvgIpc) is 3.12. The number of fused-ring (bicyclic) bond motifs is 1. The molecule has 1 saturated heterocycles. The van der Waals surface area contributed by atoms with Crippen molar-refractivity contribution in [2.75, 3.05) is 41.8 Å². The first-order valence-electron chi connectivity index (χ1n) is 9.97. The number of urea groups is 1. The van der Waals surface area contributed by atoms with Crippen molar-refractivity contribution in [2.45, 2.75) is 32.4 Å². The van der Waals surface area contributed by atoms with E-state index in [2.05, 4.69) is 54.2 Å². The number of likely N-dealkylation sites (N-methyl/N-ethyl adjacent to an activating group) is 1. The third kappa shape index (κ3) is 3.91. The fourth-order valence-corrected chi connectivity index (χ4v) is 4.52. The Morgan fingerprint density at radius 1 is 1.10 bits per heavy atom. The Balaban J connectivity index is 1.56. The predicted molar refractivity (Wildman–Crippen MR) is 122 cm³/mol. The van der Waals surface area contributed by atoms with Gasteiger partial charge in [0.15, 0.2) is 0 Å². The van der Waals surface area contributed by atoms with Gasteiger partial charge in [-0.3, -0.25) is 9.80 Å². The van der Waals surface area contributed by atoms with Crippen molar-refractivity contribution >= 4 is 46.3 Å². The molecule has 0 radical (unpaired) electrons. The lowest BCUT2D eigenvalue weighted by Crippen LogP contribution is -2.55. The first-order chi connectivity index (χ1) is 13.8. The molecule has 2 aromatic rings. The molecular formula is C22H26Cl2N4O. The third-order valence-electron chi connectivity index (χ3n) is 6.13. The molecular weight excluding hydrogens is 407 g/mol. The zero-order valence-corrected chi connectivity index (χ0v) is 18.5. The summed E-state index contributed by atoms with van der Waals surface area (Å²) in [6, 6.07) is 12.5. The van der Waals surface area contributed by atoms with Crippen LogP contribution in [0.5, 0.6) is 0 Å². The molecule has 2 aliphatic heterocycles. The van der Waals surface area contributed by atoms with Crippen molar-refractivity contribution < 1.29 is 4.79 Å². The lowest BCUT2D eigenvalue weighted by atomic mass is 10.1. The predicted octanol–water partition coefficient (Wildman–Crippen LogP) is 5.12. The zero-order chi connectivity index (χ0) is 20.7. The summed E-state index contributed by atoms with van der Waals surface area (Å²) in [6.07, 6.45) is 0.849. The molecule has 1 fully saturated rings. The molecule has 2 heterocycles. The number of nitrogens with one attached hydrogen (secondary N) is 1. The summed E-state index contributed by atoms with van der Waals surface area (Å²) >= 11 is 12.3. The largest absolute Gasteiger partial charge is 0.368 e. The molecule has 29 heavy (non-hydrogen) atoms. The number of anilines is 3. The van der Waals surface area contributed by atoms with Crippen molar-refractivity contribution in [2.24, 2.45) is 0 Å². The summed E-state index contributed by atoms with van der Waals surface area (Å²) in [5, 5.41) is 3.68. The van der Waals surface area contributed by atoms with Crippen LogP contribution in [0.4, 0.5) is 21.9 Å². The molecule has 5 nitrogen and oxygen atoms in total. The summed E-state index contributed by atoms with van der Waals surface area (Å²) in [7, 11) is 2.18. The minimum Gasteiger partial charge on any atom is -0.368 e. The Labute approximate surface area is 182 Å². The molecule has 0 unspecified atom stereocenters. The molecule has 4 rings (SSSR count). The molecule has 154 valence electrons. The van der Waals surface area contributed by atoms with E-state index in [0.717, 1.165) is 30.9 Å². The highest BCUT2D eigenvalue weighted by atomic mass is 35.5. The molecule has 0 spiro atoms. The fraction of sp³-hybridized carbons (Fsp3) is 0.409. The smallest absolute Gasteiger partial charge is 0.326 e. The fourth-order valence-electron chi connectivity index (χ4n) is 4.17. The average molecular weight is 433 g/mol. The second-order valence-corrected chi connectivity index (χ2v) is 8.80. The number of piperazine rings is 1. The van der Waals surface area contributed by atoms with Gasteiger partial charge in [-0.2, -0.15) is 0 Å². The van der Waals surface area contributed by atoms with Gasteiger partial charge < -0.3 is 10.2 Å². The van der Waals surface area contributed by atoms with Crippen LogP contribution in [0.2, 0.25) is 10.0 Å². The lowest BCUT2D eigenvalue weighted by molar-refractivity contribution is 0.170. The summed E-state index contributed by atoms with van der Waals surface area (Å²) < 4.78 is 0. The molecule has 2 aliphatic rings. The van der Waals surface area contributed by atoms with Gasteiger partial charge in [0.1, 0.15) is 0 Å². The van der Waals surface area contributed by atoms with Crippen LogP contribution in [-0.4, -0.2) is 49.7 Å². The Bertz CT molecular complexity index is 923. The first kappa shape index (κ1) is 20.3. The quantitative estimate of drug-likeness (QED) is 0.715. The van der Waals surface area contributed by atoms with E-state index in [4.69, 9.17) is 23.2 Å².